The first kappa shape index (κ1) is 6.06. The molecule has 0 fully saturated rings. The van der Waals surface area contributed by atoms with Gasteiger partial charge in [-0.05, 0) is 43.1 Å². The molecule has 6 nitrogen and oxygen atoms in total. The van der Waals surface area contributed by atoms with Gasteiger partial charge in [-0.3, -0.25) is 9.19 Å². The fraction of sp³-hybridized carbons (Fsp3) is 0.158. The Labute approximate surface area is 177 Å². The summed E-state index contributed by atoms with van der Waals surface area (Å²) in [5.74, 6) is -1.20. The number of methoxy groups -OCH3 is 1. The van der Waals surface area contributed by atoms with Crippen LogP contribution in [0.4, 0.5) is 0 Å². The van der Waals surface area contributed by atoms with Gasteiger partial charge in [0.2, 0.25) is 0 Å². The summed E-state index contributed by atoms with van der Waals surface area (Å²) >= 11 is 0. The SMILES string of the molecule is [2H]c1nc(C([2H])([2H])S(=O)c2nc3c([2H])c([2H])c(-n4c([2H])c([2H])c([2H])c4[2H])c([2H])c3[nH]2)c(C([2H])([2H])[2H])c(OC([2H])([2H])[2H])c1[2H]. The van der Waals surface area contributed by atoms with Gasteiger partial charge in [-0.25, -0.2) is 4.98 Å². The van der Waals surface area contributed by atoms with Crippen molar-refractivity contribution in [3.05, 3.63) is 66.0 Å². The first-order chi connectivity index (χ1) is 19.5. The number of aromatic amines is 1. The number of fused-ring (bicyclic) bond motifs is 1. The van der Waals surface area contributed by atoms with E-state index in [1.165, 1.54) is 0 Å². The Morgan fingerprint density at radius 3 is 3.08 bits per heavy atom. The summed E-state index contributed by atoms with van der Waals surface area (Å²) in [4.78, 5) is 9.73. The molecule has 1 N–H and O–H groups in total. The van der Waals surface area contributed by atoms with Crippen LogP contribution in [0.5, 0.6) is 5.75 Å². The van der Waals surface area contributed by atoms with Crippen LogP contribution < -0.4 is 4.74 Å². The van der Waals surface area contributed by atoms with Gasteiger partial charge in [0.05, 0.1) is 56.7 Å². The average Bonchev–Trinajstić information content (AvgIpc) is 3.41. The number of rotatable bonds is 5. The summed E-state index contributed by atoms with van der Waals surface area (Å²) in [5.41, 5.74) is -7.29. The third-order valence-electron chi connectivity index (χ3n) is 3.11. The van der Waals surface area contributed by atoms with Crippen LogP contribution >= 0.6 is 0 Å². The van der Waals surface area contributed by atoms with Crippen molar-refractivity contribution in [3.63, 3.8) is 0 Å². The molecule has 1 aromatic carbocycles. The quantitative estimate of drug-likeness (QED) is 0.573. The molecule has 0 spiro atoms. The maximum absolute atomic E-state index is 13.6. The first-order valence-electron chi connectivity index (χ1n) is 15.3. The van der Waals surface area contributed by atoms with Crippen molar-refractivity contribution >= 4 is 21.8 Å². The highest BCUT2D eigenvalue weighted by molar-refractivity contribution is 7.84. The summed E-state index contributed by atoms with van der Waals surface area (Å²) in [5, 5.41) is -0.802. The lowest BCUT2D eigenvalue weighted by Crippen LogP contribution is -2.03. The van der Waals surface area contributed by atoms with Crippen molar-refractivity contribution in [1.82, 2.24) is 19.5 Å². The number of benzene rings is 1. The summed E-state index contributed by atoms with van der Waals surface area (Å²) in [6, 6.07) is -4.61. The molecule has 0 amide bonds. The van der Waals surface area contributed by atoms with Gasteiger partial charge >= 0.3 is 0 Å². The van der Waals surface area contributed by atoms with Crippen LogP contribution in [0.15, 0.2) is 59.9 Å². The fourth-order valence-corrected chi connectivity index (χ4v) is 2.74. The Balaban J connectivity index is 1.97. The third-order valence-corrected chi connectivity index (χ3v) is 4.04. The predicted molar refractivity (Wildman–Crippen MR) is 101 cm³/mol. The molecular formula is C19H18N4O2S. The minimum absolute atomic E-state index is 0.418. The van der Waals surface area contributed by atoms with Crippen molar-refractivity contribution in [2.45, 2.75) is 17.7 Å². The van der Waals surface area contributed by atoms with Gasteiger partial charge in [-0.1, -0.05) is 0 Å². The molecule has 0 saturated heterocycles. The topological polar surface area (TPSA) is 72.8 Å². The van der Waals surface area contributed by atoms with E-state index < -0.39 is 124 Å². The van der Waals surface area contributed by atoms with Crippen LogP contribution in [-0.2, 0) is 16.5 Å². The lowest BCUT2D eigenvalue weighted by atomic mass is 10.2. The molecule has 0 aliphatic rings. The van der Waals surface area contributed by atoms with E-state index >= 15 is 0 Å². The Morgan fingerprint density at radius 2 is 2.27 bits per heavy atom. The molecule has 0 bridgehead atoms. The molecule has 0 radical (unpaired) electrons. The van der Waals surface area contributed by atoms with Gasteiger partial charge in [0, 0.05) is 36.6 Å². The molecule has 4 rings (SSSR count). The van der Waals surface area contributed by atoms with E-state index in [4.69, 9.17) is 23.3 Å². The lowest BCUT2D eigenvalue weighted by molar-refractivity contribution is 0.410. The van der Waals surface area contributed by atoms with Gasteiger partial charge < -0.3 is 14.3 Å². The van der Waals surface area contributed by atoms with Gasteiger partial charge in [0.25, 0.3) is 0 Å². The third kappa shape index (κ3) is 3.01. The standard InChI is InChI=1S/C19H18N4O2S/c1-13-17(20-8-7-18(13)25-2)12-26(24)19-21-15-6-5-14(11-16(15)22-19)23-9-3-4-10-23/h3-11H,12H2,1-2H3,(H,21,22)/i1D3,2D3,3D,4D,5D,6D,7D,8D,9D,10D,11D,12D2. The van der Waals surface area contributed by atoms with Crippen molar-refractivity contribution in [1.29, 1.82) is 0 Å². The number of nitrogens with zero attached hydrogens (tertiary/aromatic N) is 3. The number of imidazole rings is 1. The number of hydrogen-bond acceptors (Lipinski definition) is 4. The minimum Gasteiger partial charge on any atom is -0.496 e. The lowest BCUT2D eigenvalue weighted by Gasteiger charge is -2.08. The first-order valence-corrected chi connectivity index (χ1v) is 7.95. The van der Waals surface area contributed by atoms with Gasteiger partial charge in [-0.2, -0.15) is 0 Å². The molecule has 0 aliphatic heterocycles. The van der Waals surface area contributed by atoms with E-state index in [0.717, 1.165) is 0 Å². The number of pyridine rings is 1. The largest absolute Gasteiger partial charge is 0.496 e. The number of H-pyrrole nitrogens is 1. The van der Waals surface area contributed by atoms with Gasteiger partial charge in [-0.15, -0.1) is 0 Å². The highest BCUT2D eigenvalue weighted by Gasteiger charge is 2.15. The minimum atomic E-state index is -3.39. The normalized spacial score (nSPS) is 23.3. The zero-order chi connectivity index (χ0) is 32.7. The molecule has 1 unspecified atom stereocenters. The van der Waals surface area contributed by atoms with Crippen LogP contribution in [0.1, 0.15) is 34.6 Å². The number of ether oxygens (including phenoxy) is 1. The number of nitrogens with one attached hydrogen (secondary N) is 1. The van der Waals surface area contributed by atoms with E-state index in [0.29, 0.717) is 4.57 Å². The Kier molecular flexibility index (Phi) is 1.58. The zero-order valence-corrected chi connectivity index (χ0v) is 13.4. The van der Waals surface area contributed by atoms with Crippen LogP contribution in [-0.4, -0.2) is 30.8 Å². The second kappa shape index (κ2) is 6.76. The smallest absolute Gasteiger partial charge is 0.197 e. The summed E-state index contributed by atoms with van der Waals surface area (Å²) in [6.07, 6.45) is -2.54. The second-order valence-electron chi connectivity index (χ2n) is 4.67. The monoisotopic (exact) mass is 383 g/mol. The van der Waals surface area contributed by atoms with Crippen LogP contribution in [0.25, 0.3) is 16.7 Å². The fourth-order valence-electron chi connectivity index (χ4n) is 1.95. The van der Waals surface area contributed by atoms with Crippen molar-refractivity contribution < 1.29 is 32.2 Å². The second-order valence-corrected chi connectivity index (χ2v) is 5.80. The average molecular weight is 384 g/mol. The Morgan fingerprint density at radius 1 is 1.38 bits per heavy atom. The summed E-state index contributed by atoms with van der Waals surface area (Å²) in [7, 11) is -6.43. The predicted octanol–water partition coefficient (Wildman–Crippen LogP) is 3.37. The molecule has 4 aromatic rings. The van der Waals surface area contributed by atoms with Crippen molar-refractivity contribution in [2.75, 3.05) is 7.04 Å². The maximum atomic E-state index is 13.6. The van der Waals surface area contributed by atoms with Gasteiger partial charge in [0.15, 0.2) is 5.16 Å². The molecule has 132 valence electrons. The molecule has 0 saturated carbocycles. The highest BCUT2D eigenvalue weighted by atomic mass is 32.2. The number of aromatic nitrogens is 4. The zero-order valence-electron chi connectivity index (χ0n) is 29.6. The van der Waals surface area contributed by atoms with E-state index in [2.05, 4.69) is 19.7 Å². The highest BCUT2D eigenvalue weighted by Crippen LogP contribution is 2.22. The molecule has 3 aromatic heterocycles. The molecular weight excluding hydrogens is 348 g/mol. The molecule has 1 atom stereocenters. The van der Waals surface area contributed by atoms with Crippen LogP contribution in [0, 0.1) is 6.85 Å². The van der Waals surface area contributed by atoms with E-state index in [9.17, 15) is 4.21 Å². The van der Waals surface area contributed by atoms with E-state index in [1.807, 2.05) is 0 Å². The number of hydrogen-bond donors (Lipinski definition) is 1. The Hall–Kier alpha value is -2.93. The molecule has 7 heteroatoms. The molecule has 0 aliphatic carbocycles. The maximum Gasteiger partial charge on any atom is 0.197 e. The van der Waals surface area contributed by atoms with Crippen LogP contribution in [0.2, 0.25) is 0 Å². The van der Waals surface area contributed by atoms with Gasteiger partial charge in [0.1, 0.15) is 5.75 Å². The van der Waals surface area contributed by atoms with Crippen LogP contribution in [0.3, 0.4) is 0 Å². The van der Waals surface area contributed by atoms with E-state index in [-0.39, 0.29) is 0 Å². The summed E-state index contributed by atoms with van der Waals surface area (Å²) < 4.78 is 154. The molecule has 26 heavy (non-hydrogen) atoms. The molecule has 3 heterocycles. The van der Waals surface area contributed by atoms with E-state index in [1.54, 1.807) is 0 Å². The van der Waals surface area contributed by atoms with Crippen molar-refractivity contribution in [2.24, 2.45) is 0 Å². The van der Waals surface area contributed by atoms with Crippen molar-refractivity contribution in [3.8, 4) is 11.4 Å². The summed E-state index contributed by atoms with van der Waals surface area (Å²) in [6.45, 7) is -3.39. The Bertz CT molecular complexity index is 1800.